The number of piperidine rings is 1. The Hall–Kier alpha value is -1.63. The fourth-order valence-corrected chi connectivity index (χ4v) is 2.15. The zero-order valence-electron chi connectivity index (χ0n) is 10.7. The van der Waals surface area contributed by atoms with Crippen molar-refractivity contribution >= 4 is 17.8 Å². The largest absolute Gasteiger partial charge is 0.481 e. The SMILES string of the molecule is O=C(O)CC(NC(=O)CCC1CCCNC1)C(=O)O. The van der Waals surface area contributed by atoms with Crippen LogP contribution in [-0.4, -0.2) is 47.2 Å². The Labute approximate surface area is 111 Å². The second-order valence-corrected chi connectivity index (χ2v) is 4.81. The summed E-state index contributed by atoms with van der Waals surface area (Å²) in [7, 11) is 0. The first-order valence-electron chi connectivity index (χ1n) is 6.43. The monoisotopic (exact) mass is 272 g/mol. The van der Waals surface area contributed by atoms with Crippen LogP contribution >= 0.6 is 0 Å². The molecule has 1 fully saturated rings. The van der Waals surface area contributed by atoms with Gasteiger partial charge in [0.25, 0.3) is 0 Å². The van der Waals surface area contributed by atoms with E-state index in [9.17, 15) is 14.4 Å². The molecule has 0 bridgehead atoms. The van der Waals surface area contributed by atoms with Gasteiger partial charge in [0, 0.05) is 6.42 Å². The van der Waals surface area contributed by atoms with Crippen molar-refractivity contribution in [2.75, 3.05) is 13.1 Å². The standard InChI is InChI=1S/C12H20N2O5/c15-10(4-3-8-2-1-5-13-7-8)14-9(12(18)19)6-11(16)17/h8-9,13H,1-7H2,(H,14,15)(H,16,17)(H,18,19). The van der Waals surface area contributed by atoms with Crippen molar-refractivity contribution in [3.63, 3.8) is 0 Å². The van der Waals surface area contributed by atoms with Crippen LogP contribution in [0.3, 0.4) is 0 Å². The number of carbonyl (C=O) groups excluding carboxylic acids is 1. The average molecular weight is 272 g/mol. The van der Waals surface area contributed by atoms with Crippen molar-refractivity contribution in [2.24, 2.45) is 5.92 Å². The fourth-order valence-electron chi connectivity index (χ4n) is 2.15. The van der Waals surface area contributed by atoms with Crippen LogP contribution in [0.5, 0.6) is 0 Å². The Morgan fingerprint density at radius 2 is 2.05 bits per heavy atom. The van der Waals surface area contributed by atoms with E-state index in [0.717, 1.165) is 25.9 Å². The number of carboxylic acids is 2. The molecule has 1 aliphatic heterocycles. The smallest absolute Gasteiger partial charge is 0.326 e. The van der Waals surface area contributed by atoms with Gasteiger partial charge in [-0.1, -0.05) is 0 Å². The molecule has 2 atom stereocenters. The molecule has 1 amide bonds. The number of aliphatic carboxylic acids is 2. The lowest BCUT2D eigenvalue weighted by Gasteiger charge is -2.22. The molecule has 1 saturated heterocycles. The zero-order valence-corrected chi connectivity index (χ0v) is 10.7. The molecule has 4 N–H and O–H groups in total. The molecule has 1 rings (SSSR count). The first kappa shape index (κ1) is 15.4. The molecule has 7 heteroatoms. The molecule has 2 unspecified atom stereocenters. The minimum atomic E-state index is -1.35. The van der Waals surface area contributed by atoms with Gasteiger partial charge in [-0.2, -0.15) is 0 Å². The van der Waals surface area contributed by atoms with Crippen LogP contribution in [0, 0.1) is 5.92 Å². The number of nitrogens with one attached hydrogen (secondary N) is 2. The second-order valence-electron chi connectivity index (χ2n) is 4.81. The Balaban J connectivity index is 2.31. The zero-order chi connectivity index (χ0) is 14.3. The van der Waals surface area contributed by atoms with Crippen LogP contribution < -0.4 is 10.6 Å². The number of hydrogen-bond donors (Lipinski definition) is 4. The van der Waals surface area contributed by atoms with E-state index in [0.29, 0.717) is 12.3 Å². The van der Waals surface area contributed by atoms with Gasteiger partial charge in [-0.3, -0.25) is 9.59 Å². The molecule has 0 aliphatic carbocycles. The minimum Gasteiger partial charge on any atom is -0.481 e. The molecule has 0 aromatic heterocycles. The third-order valence-corrected chi connectivity index (χ3v) is 3.19. The van der Waals surface area contributed by atoms with Crippen molar-refractivity contribution in [1.82, 2.24) is 10.6 Å². The first-order chi connectivity index (χ1) is 8.99. The summed E-state index contributed by atoms with van der Waals surface area (Å²) in [6.07, 6.45) is 2.47. The highest BCUT2D eigenvalue weighted by atomic mass is 16.4. The summed E-state index contributed by atoms with van der Waals surface area (Å²) in [5, 5.41) is 22.8. The molecule has 0 spiro atoms. The summed E-state index contributed by atoms with van der Waals surface area (Å²) in [5.41, 5.74) is 0. The maximum atomic E-state index is 11.6. The van der Waals surface area contributed by atoms with E-state index >= 15 is 0 Å². The number of carbonyl (C=O) groups is 3. The Morgan fingerprint density at radius 3 is 2.58 bits per heavy atom. The molecular formula is C12H20N2O5. The lowest BCUT2D eigenvalue weighted by molar-refractivity contribution is -0.147. The van der Waals surface area contributed by atoms with E-state index in [1.807, 2.05) is 0 Å². The maximum Gasteiger partial charge on any atom is 0.326 e. The third-order valence-electron chi connectivity index (χ3n) is 3.19. The van der Waals surface area contributed by atoms with Crippen LogP contribution in [0.1, 0.15) is 32.1 Å². The molecule has 108 valence electrons. The molecule has 7 nitrogen and oxygen atoms in total. The van der Waals surface area contributed by atoms with Crippen LogP contribution in [0.25, 0.3) is 0 Å². The maximum absolute atomic E-state index is 11.6. The van der Waals surface area contributed by atoms with E-state index in [1.165, 1.54) is 0 Å². The van der Waals surface area contributed by atoms with Gasteiger partial charge in [-0.25, -0.2) is 4.79 Å². The third kappa shape index (κ3) is 6.19. The highest BCUT2D eigenvalue weighted by Crippen LogP contribution is 2.15. The normalized spacial score (nSPS) is 20.5. The Bertz CT molecular complexity index is 339. The summed E-state index contributed by atoms with van der Waals surface area (Å²) in [5.74, 6) is -2.54. The van der Waals surface area contributed by atoms with Crippen LogP contribution in [0.15, 0.2) is 0 Å². The first-order valence-corrected chi connectivity index (χ1v) is 6.43. The molecule has 0 saturated carbocycles. The number of hydrogen-bond acceptors (Lipinski definition) is 4. The van der Waals surface area contributed by atoms with Crippen LogP contribution in [0.4, 0.5) is 0 Å². The lowest BCUT2D eigenvalue weighted by Crippen LogP contribution is -2.42. The van der Waals surface area contributed by atoms with Gasteiger partial charge in [0.05, 0.1) is 6.42 Å². The van der Waals surface area contributed by atoms with Gasteiger partial charge in [-0.05, 0) is 38.3 Å². The van der Waals surface area contributed by atoms with Gasteiger partial charge in [0.2, 0.25) is 5.91 Å². The predicted molar refractivity (Wildman–Crippen MR) is 66.6 cm³/mol. The highest BCUT2D eigenvalue weighted by Gasteiger charge is 2.23. The molecule has 0 radical (unpaired) electrons. The van der Waals surface area contributed by atoms with Gasteiger partial charge < -0.3 is 20.8 Å². The van der Waals surface area contributed by atoms with E-state index in [-0.39, 0.29) is 6.42 Å². The summed E-state index contributed by atoms with van der Waals surface area (Å²) >= 11 is 0. The molecule has 0 aromatic carbocycles. The molecule has 1 aliphatic rings. The topological polar surface area (TPSA) is 116 Å². The van der Waals surface area contributed by atoms with Gasteiger partial charge >= 0.3 is 11.9 Å². The van der Waals surface area contributed by atoms with Crippen molar-refractivity contribution in [2.45, 2.75) is 38.1 Å². The molecule has 19 heavy (non-hydrogen) atoms. The fraction of sp³-hybridized carbons (Fsp3) is 0.750. The summed E-state index contributed by atoms with van der Waals surface area (Å²) in [6.45, 7) is 1.88. The molecular weight excluding hydrogens is 252 g/mol. The van der Waals surface area contributed by atoms with Gasteiger partial charge in [0.15, 0.2) is 0 Å². The highest BCUT2D eigenvalue weighted by molar-refractivity contribution is 5.86. The number of rotatable bonds is 7. The summed E-state index contributed by atoms with van der Waals surface area (Å²) < 4.78 is 0. The van der Waals surface area contributed by atoms with Crippen LogP contribution in [-0.2, 0) is 14.4 Å². The van der Waals surface area contributed by atoms with Crippen molar-refractivity contribution in [1.29, 1.82) is 0 Å². The van der Waals surface area contributed by atoms with Crippen molar-refractivity contribution < 1.29 is 24.6 Å². The Morgan fingerprint density at radius 1 is 1.32 bits per heavy atom. The van der Waals surface area contributed by atoms with E-state index < -0.39 is 30.3 Å². The van der Waals surface area contributed by atoms with Crippen LogP contribution in [0.2, 0.25) is 0 Å². The molecule has 0 aromatic rings. The average Bonchev–Trinajstić information content (AvgIpc) is 2.36. The van der Waals surface area contributed by atoms with Gasteiger partial charge in [0.1, 0.15) is 6.04 Å². The summed E-state index contributed by atoms with van der Waals surface area (Å²) in [4.78, 5) is 32.9. The quantitative estimate of drug-likeness (QED) is 0.510. The van der Waals surface area contributed by atoms with Crippen molar-refractivity contribution in [3.8, 4) is 0 Å². The number of carboxylic acid groups (broad SMARTS) is 2. The summed E-state index contributed by atoms with van der Waals surface area (Å²) in [6, 6.07) is -1.35. The van der Waals surface area contributed by atoms with Crippen molar-refractivity contribution in [3.05, 3.63) is 0 Å². The number of amides is 1. The second kappa shape index (κ2) is 7.73. The van der Waals surface area contributed by atoms with Gasteiger partial charge in [-0.15, -0.1) is 0 Å². The van der Waals surface area contributed by atoms with E-state index in [4.69, 9.17) is 10.2 Å². The Kier molecular flexibility index (Phi) is 6.27. The minimum absolute atomic E-state index is 0.232. The lowest BCUT2D eigenvalue weighted by atomic mass is 9.94. The predicted octanol–water partition coefficient (Wildman–Crippen LogP) is -0.190. The van der Waals surface area contributed by atoms with E-state index in [2.05, 4.69) is 10.6 Å². The molecule has 1 heterocycles. The van der Waals surface area contributed by atoms with E-state index in [1.54, 1.807) is 0 Å².